The molecule has 1 aromatic rings. The number of hydrogen-bond acceptors (Lipinski definition) is 3. The monoisotopic (exact) mass is 262 g/mol. The highest BCUT2D eigenvalue weighted by Crippen LogP contribution is 2.30. The first-order valence-corrected chi connectivity index (χ1v) is 7.05. The summed E-state index contributed by atoms with van der Waals surface area (Å²) in [6.07, 6.45) is 4.61. The van der Waals surface area contributed by atoms with Gasteiger partial charge in [0.1, 0.15) is 0 Å². The number of carbonyl (C=O) groups excluding carboxylic acids is 1. The lowest BCUT2D eigenvalue weighted by Gasteiger charge is -2.19. The van der Waals surface area contributed by atoms with Crippen LogP contribution in [0.4, 0.5) is 0 Å². The molecule has 0 saturated heterocycles. The van der Waals surface area contributed by atoms with Crippen LogP contribution in [-0.2, 0) is 16.0 Å². The molecule has 0 amide bonds. The maximum Gasteiger partial charge on any atom is 0.338 e. The Morgan fingerprint density at radius 2 is 1.89 bits per heavy atom. The van der Waals surface area contributed by atoms with Gasteiger partial charge < -0.3 is 9.84 Å². The SMILES string of the molecule is Cc1ccc(CCCOC(=O)C2(O)CCCC2)cc1. The zero-order chi connectivity index (χ0) is 13.7. The summed E-state index contributed by atoms with van der Waals surface area (Å²) in [6.45, 7) is 2.45. The molecule has 0 bridgehead atoms. The topological polar surface area (TPSA) is 46.5 Å². The molecule has 19 heavy (non-hydrogen) atoms. The summed E-state index contributed by atoms with van der Waals surface area (Å²) < 4.78 is 5.19. The van der Waals surface area contributed by atoms with Crippen molar-refractivity contribution in [3.63, 3.8) is 0 Å². The Hall–Kier alpha value is -1.35. The van der Waals surface area contributed by atoms with Gasteiger partial charge in [-0.15, -0.1) is 0 Å². The number of ether oxygens (including phenoxy) is 1. The fourth-order valence-corrected chi connectivity index (χ4v) is 2.49. The molecule has 1 N–H and O–H groups in total. The molecule has 3 heteroatoms. The zero-order valence-electron chi connectivity index (χ0n) is 11.5. The van der Waals surface area contributed by atoms with Gasteiger partial charge >= 0.3 is 5.97 Å². The summed E-state index contributed by atoms with van der Waals surface area (Å²) in [5.41, 5.74) is 1.30. The highest BCUT2D eigenvalue weighted by atomic mass is 16.5. The first-order chi connectivity index (χ1) is 9.10. The van der Waals surface area contributed by atoms with Gasteiger partial charge in [-0.2, -0.15) is 0 Å². The van der Waals surface area contributed by atoms with Crippen LogP contribution < -0.4 is 0 Å². The molecule has 1 fully saturated rings. The molecule has 1 saturated carbocycles. The van der Waals surface area contributed by atoms with Crippen molar-refractivity contribution in [2.75, 3.05) is 6.61 Å². The molecule has 1 aliphatic rings. The van der Waals surface area contributed by atoms with E-state index < -0.39 is 11.6 Å². The Labute approximate surface area is 114 Å². The van der Waals surface area contributed by atoms with Gasteiger partial charge in [-0.05, 0) is 51.0 Å². The highest BCUT2D eigenvalue weighted by Gasteiger charge is 2.40. The molecular weight excluding hydrogens is 240 g/mol. The van der Waals surface area contributed by atoms with Crippen LogP contribution in [0.1, 0.15) is 43.2 Å². The summed E-state index contributed by atoms with van der Waals surface area (Å²) in [6, 6.07) is 8.37. The molecule has 0 atom stereocenters. The number of aliphatic hydroxyl groups is 1. The minimum atomic E-state index is -1.20. The van der Waals surface area contributed by atoms with Gasteiger partial charge in [-0.25, -0.2) is 4.79 Å². The Morgan fingerprint density at radius 1 is 1.26 bits per heavy atom. The first kappa shape index (κ1) is 14.1. The Morgan fingerprint density at radius 3 is 2.53 bits per heavy atom. The van der Waals surface area contributed by atoms with Crippen LogP contribution in [0.15, 0.2) is 24.3 Å². The van der Waals surface area contributed by atoms with E-state index in [1.54, 1.807) is 0 Å². The molecule has 1 aromatic carbocycles. The lowest BCUT2D eigenvalue weighted by atomic mass is 10.0. The largest absolute Gasteiger partial charge is 0.464 e. The first-order valence-electron chi connectivity index (χ1n) is 7.05. The van der Waals surface area contributed by atoms with Crippen LogP contribution in [0.3, 0.4) is 0 Å². The maximum absolute atomic E-state index is 11.8. The van der Waals surface area contributed by atoms with Crippen LogP contribution in [0.2, 0.25) is 0 Å². The number of rotatable bonds is 5. The molecule has 104 valence electrons. The Kier molecular flexibility index (Phi) is 4.59. The Balaban J connectivity index is 1.69. The van der Waals surface area contributed by atoms with Gasteiger partial charge in [0.05, 0.1) is 6.61 Å². The van der Waals surface area contributed by atoms with Crippen molar-refractivity contribution in [1.82, 2.24) is 0 Å². The lowest BCUT2D eigenvalue weighted by Crippen LogP contribution is -2.37. The molecule has 0 radical (unpaired) electrons. The average Bonchev–Trinajstić information content (AvgIpc) is 2.85. The predicted octanol–water partition coefficient (Wildman–Crippen LogP) is 2.78. The summed E-state index contributed by atoms with van der Waals surface area (Å²) >= 11 is 0. The van der Waals surface area contributed by atoms with E-state index in [9.17, 15) is 9.90 Å². The fourth-order valence-electron chi connectivity index (χ4n) is 2.49. The van der Waals surface area contributed by atoms with E-state index in [-0.39, 0.29) is 0 Å². The van der Waals surface area contributed by atoms with E-state index in [0.717, 1.165) is 25.7 Å². The lowest BCUT2D eigenvalue weighted by molar-refractivity contribution is -0.164. The summed E-state index contributed by atoms with van der Waals surface area (Å²) in [5.74, 6) is -0.436. The second-order valence-electron chi connectivity index (χ2n) is 5.46. The molecule has 0 aromatic heterocycles. The zero-order valence-corrected chi connectivity index (χ0v) is 11.5. The van der Waals surface area contributed by atoms with Gasteiger partial charge in [0.2, 0.25) is 0 Å². The maximum atomic E-state index is 11.8. The minimum Gasteiger partial charge on any atom is -0.464 e. The molecule has 0 heterocycles. The minimum absolute atomic E-state index is 0.384. The smallest absolute Gasteiger partial charge is 0.338 e. The molecule has 0 unspecified atom stereocenters. The van der Waals surface area contributed by atoms with Gasteiger partial charge in [-0.3, -0.25) is 0 Å². The van der Waals surface area contributed by atoms with Crippen molar-refractivity contribution in [2.24, 2.45) is 0 Å². The normalized spacial score (nSPS) is 17.4. The van der Waals surface area contributed by atoms with E-state index in [0.29, 0.717) is 19.4 Å². The standard InChI is InChI=1S/C16H22O3/c1-13-6-8-14(9-7-13)5-4-12-19-15(17)16(18)10-2-3-11-16/h6-9,18H,2-5,10-12H2,1H3. The molecule has 1 aliphatic carbocycles. The van der Waals surface area contributed by atoms with Crippen LogP contribution in [0.25, 0.3) is 0 Å². The molecule has 2 rings (SSSR count). The van der Waals surface area contributed by atoms with Crippen LogP contribution in [0, 0.1) is 6.92 Å². The third-order valence-electron chi connectivity index (χ3n) is 3.77. The van der Waals surface area contributed by atoms with Crippen molar-refractivity contribution in [3.05, 3.63) is 35.4 Å². The fraction of sp³-hybridized carbons (Fsp3) is 0.562. The van der Waals surface area contributed by atoms with E-state index in [2.05, 4.69) is 31.2 Å². The van der Waals surface area contributed by atoms with Crippen molar-refractivity contribution < 1.29 is 14.6 Å². The molecule has 0 spiro atoms. The molecule has 0 aliphatic heterocycles. The van der Waals surface area contributed by atoms with Gasteiger partial charge in [-0.1, -0.05) is 29.8 Å². The van der Waals surface area contributed by atoms with Crippen molar-refractivity contribution in [3.8, 4) is 0 Å². The summed E-state index contributed by atoms with van der Waals surface area (Å²) in [4.78, 5) is 11.8. The van der Waals surface area contributed by atoms with Crippen LogP contribution in [-0.4, -0.2) is 23.3 Å². The van der Waals surface area contributed by atoms with Crippen molar-refractivity contribution in [2.45, 2.75) is 51.0 Å². The van der Waals surface area contributed by atoms with E-state index in [1.165, 1.54) is 11.1 Å². The van der Waals surface area contributed by atoms with Crippen LogP contribution >= 0.6 is 0 Å². The summed E-state index contributed by atoms with van der Waals surface area (Å²) in [5, 5.41) is 10.0. The number of hydrogen-bond donors (Lipinski definition) is 1. The highest BCUT2D eigenvalue weighted by molar-refractivity contribution is 5.79. The molecule has 3 nitrogen and oxygen atoms in total. The van der Waals surface area contributed by atoms with Gasteiger partial charge in [0.25, 0.3) is 0 Å². The van der Waals surface area contributed by atoms with Crippen LogP contribution in [0.5, 0.6) is 0 Å². The second-order valence-corrected chi connectivity index (χ2v) is 5.46. The number of esters is 1. The van der Waals surface area contributed by atoms with E-state index in [4.69, 9.17) is 4.74 Å². The molecular formula is C16H22O3. The second kappa shape index (κ2) is 6.20. The predicted molar refractivity (Wildman–Crippen MR) is 73.9 cm³/mol. The van der Waals surface area contributed by atoms with Gasteiger partial charge in [0, 0.05) is 0 Å². The van der Waals surface area contributed by atoms with Crippen molar-refractivity contribution >= 4 is 5.97 Å². The number of aryl methyl sites for hydroxylation is 2. The van der Waals surface area contributed by atoms with Gasteiger partial charge in [0.15, 0.2) is 5.60 Å². The average molecular weight is 262 g/mol. The summed E-state index contributed by atoms with van der Waals surface area (Å²) in [7, 11) is 0. The Bertz CT molecular complexity index is 416. The quantitative estimate of drug-likeness (QED) is 0.655. The van der Waals surface area contributed by atoms with Crippen molar-refractivity contribution in [1.29, 1.82) is 0 Å². The van der Waals surface area contributed by atoms with E-state index >= 15 is 0 Å². The van der Waals surface area contributed by atoms with E-state index in [1.807, 2.05) is 0 Å². The number of benzene rings is 1. The number of carbonyl (C=O) groups is 1. The third-order valence-corrected chi connectivity index (χ3v) is 3.77. The third kappa shape index (κ3) is 3.80.